The summed E-state index contributed by atoms with van der Waals surface area (Å²) in [7, 11) is 1.53. The minimum Gasteiger partial charge on any atom is -0.493 e. The lowest BCUT2D eigenvalue weighted by Crippen LogP contribution is -2.44. The van der Waals surface area contributed by atoms with Crippen LogP contribution in [0.3, 0.4) is 0 Å². The molecule has 0 bridgehead atoms. The normalized spacial score (nSPS) is 18.1. The molecule has 1 atom stereocenters. The summed E-state index contributed by atoms with van der Waals surface area (Å²) in [5.41, 5.74) is 0. The molecule has 0 aliphatic carbocycles. The highest BCUT2D eigenvalue weighted by molar-refractivity contribution is 5.79. The SMILES string of the molecule is COc1ccccc1OCC(=O)N1CCCC(C(=O)O)C1. The van der Waals surface area contributed by atoms with Crippen molar-refractivity contribution in [1.82, 2.24) is 4.90 Å². The molecule has 6 heteroatoms. The van der Waals surface area contributed by atoms with E-state index in [1.54, 1.807) is 23.1 Å². The molecule has 2 rings (SSSR count). The molecule has 1 aromatic carbocycles. The molecule has 1 unspecified atom stereocenters. The number of piperidine rings is 1. The topological polar surface area (TPSA) is 76.1 Å². The van der Waals surface area contributed by atoms with Crippen molar-refractivity contribution in [3.05, 3.63) is 24.3 Å². The second-order valence-corrected chi connectivity index (χ2v) is 4.96. The molecule has 6 nitrogen and oxygen atoms in total. The van der Waals surface area contributed by atoms with Gasteiger partial charge in [0.15, 0.2) is 18.1 Å². The maximum absolute atomic E-state index is 12.1. The van der Waals surface area contributed by atoms with E-state index in [0.29, 0.717) is 30.9 Å². The van der Waals surface area contributed by atoms with Crippen molar-refractivity contribution >= 4 is 11.9 Å². The maximum atomic E-state index is 12.1. The van der Waals surface area contributed by atoms with Crippen LogP contribution in [0.5, 0.6) is 11.5 Å². The summed E-state index contributed by atoms with van der Waals surface area (Å²) in [4.78, 5) is 24.7. The van der Waals surface area contributed by atoms with Crippen LogP contribution in [0.25, 0.3) is 0 Å². The Bertz CT molecular complexity index is 517. The summed E-state index contributed by atoms with van der Waals surface area (Å²) in [6, 6.07) is 7.09. The van der Waals surface area contributed by atoms with E-state index in [4.69, 9.17) is 14.6 Å². The molecule has 0 saturated carbocycles. The van der Waals surface area contributed by atoms with Crippen molar-refractivity contribution in [2.45, 2.75) is 12.8 Å². The van der Waals surface area contributed by atoms with Gasteiger partial charge in [-0.1, -0.05) is 12.1 Å². The third kappa shape index (κ3) is 3.87. The lowest BCUT2D eigenvalue weighted by Gasteiger charge is -2.30. The summed E-state index contributed by atoms with van der Waals surface area (Å²) in [5, 5.41) is 9.03. The van der Waals surface area contributed by atoms with Gasteiger partial charge in [-0.25, -0.2) is 0 Å². The molecular formula is C15H19NO5. The Morgan fingerprint density at radius 3 is 2.71 bits per heavy atom. The van der Waals surface area contributed by atoms with E-state index in [1.807, 2.05) is 6.07 Å². The number of amides is 1. The van der Waals surface area contributed by atoms with Crippen LogP contribution in [0, 0.1) is 5.92 Å². The van der Waals surface area contributed by atoms with E-state index in [-0.39, 0.29) is 19.1 Å². The number of nitrogens with zero attached hydrogens (tertiary/aromatic N) is 1. The highest BCUT2D eigenvalue weighted by Gasteiger charge is 2.28. The van der Waals surface area contributed by atoms with Gasteiger partial charge in [0.05, 0.1) is 13.0 Å². The van der Waals surface area contributed by atoms with Crippen LogP contribution < -0.4 is 9.47 Å². The Morgan fingerprint density at radius 2 is 2.05 bits per heavy atom. The van der Waals surface area contributed by atoms with Gasteiger partial charge in [-0.05, 0) is 25.0 Å². The first-order chi connectivity index (χ1) is 10.1. The third-order valence-corrected chi connectivity index (χ3v) is 3.54. The number of carboxylic acid groups (broad SMARTS) is 1. The van der Waals surface area contributed by atoms with Crippen LogP contribution in [-0.4, -0.2) is 48.7 Å². The first kappa shape index (κ1) is 15.2. The second-order valence-electron chi connectivity index (χ2n) is 4.96. The zero-order chi connectivity index (χ0) is 15.2. The predicted molar refractivity (Wildman–Crippen MR) is 75.4 cm³/mol. The number of methoxy groups -OCH3 is 1. The number of likely N-dealkylation sites (tertiary alicyclic amines) is 1. The van der Waals surface area contributed by atoms with E-state index >= 15 is 0 Å². The standard InChI is InChI=1S/C15H19NO5/c1-20-12-6-2-3-7-13(12)21-10-14(17)16-8-4-5-11(9-16)15(18)19/h2-3,6-7,11H,4-5,8-10H2,1H3,(H,18,19). The van der Waals surface area contributed by atoms with Crippen LogP contribution in [0.4, 0.5) is 0 Å². The van der Waals surface area contributed by atoms with Gasteiger partial charge in [-0.3, -0.25) is 9.59 Å². The van der Waals surface area contributed by atoms with Gasteiger partial charge in [-0.15, -0.1) is 0 Å². The monoisotopic (exact) mass is 293 g/mol. The van der Waals surface area contributed by atoms with Gasteiger partial charge in [0.2, 0.25) is 0 Å². The lowest BCUT2D eigenvalue weighted by atomic mass is 9.98. The van der Waals surface area contributed by atoms with E-state index in [2.05, 4.69) is 0 Å². The summed E-state index contributed by atoms with van der Waals surface area (Å²) in [6.07, 6.45) is 1.32. The molecule has 1 amide bonds. The summed E-state index contributed by atoms with van der Waals surface area (Å²) < 4.78 is 10.6. The first-order valence-electron chi connectivity index (χ1n) is 6.88. The average Bonchev–Trinajstić information content (AvgIpc) is 2.52. The van der Waals surface area contributed by atoms with Crippen molar-refractivity contribution in [2.24, 2.45) is 5.92 Å². The largest absolute Gasteiger partial charge is 0.493 e. The van der Waals surface area contributed by atoms with E-state index in [9.17, 15) is 9.59 Å². The molecule has 1 N–H and O–H groups in total. The van der Waals surface area contributed by atoms with Crippen molar-refractivity contribution in [3.8, 4) is 11.5 Å². The molecule has 1 aliphatic rings. The molecule has 114 valence electrons. The molecule has 1 saturated heterocycles. The molecule has 0 radical (unpaired) electrons. The maximum Gasteiger partial charge on any atom is 0.308 e. The van der Waals surface area contributed by atoms with Crippen LogP contribution in [0.2, 0.25) is 0 Å². The summed E-state index contributed by atoms with van der Waals surface area (Å²) in [5.74, 6) is -0.466. The zero-order valence-corrected chi connectivity index (χ0v) is 11.9. The number of ether oxygens (including phenoxy) is 2. The molecule has 0 spiro atoms. The number of carboxylic acids is 1. The Labute approximate surface area is 123 Å². The van der Waals surface area contributed by atoms with Gasteiger partial charge in [0.1, 0.15) is 0 Å². The smallest absolute Gasteiger partial charge is 0.308 e. The number of benzene rings is 1. The number of aliphatic carboxylic acids is 1. The average molecular weight is 293 g/mol. The van der Waals surface area contributed by atoms with Gasteiger partial charge in [0.25, 0.3) is 5.91 Å². The molecule has 0 aromatic heterocycles. The quantitative estimate of drug-likeness (QED) is 0.888. The molecule has 1 aliphatic heterocycles. The van der Waals surface area contributed by atoms with E-state index in [0.717, 1.165) is 0 Å². The summed E-state index contributed by atoms with van der Waals surface area (Å²) >= 11 is 0. The number of hydrogen-bond acceptors (Lipinski definition) is 4. The molecular weight excluding hydrogens is 274 g/mol. The Balaban J connectivity index is 1.91. The van der Waals surface area contributed by atoms with Gasteiger partial charge >= 0.3 is 5.97 Å². The third-order valence-electron chi connectivity index (χ3n) is 3.54. The van der Waals surface area contributed by atoms with Crippen molar-refractivity contribution in [2.75, 3.05) is 26.8 Å². The second kappa shape index (κ2) is 6.97. The fourth-order valence-corrected chi connectivity index (χ4v) is 2.37. The number of carbonyl (C=O) groups excluding carboxylic acids is 1. The zero-order valence-electron chi connectivity index (χ0n) is 11.9. The number of para-hydroxylation sites is 2. The van der Waals surface area contributed by atoms with Crippen LogP contribution in [0.1, 0.15) is 12.8 Å². The van der Waals surface area contributed by atoms with Gasteiger partial charge in [-0.2, -0.15) is 0 Å². The van der Waals surface area contributed by atoms with Crippen molar-refractivity contribution in [1.29, 1.82) is 0 Å². The lowest BCUT2D eigenvalue weighted by molar-refractivity contribution is -0.146. The fourth-order valence-electron chi connectivity index (χ4n) is 2.37. The number of carbonyl (C=O) groups is 2. The highest BCUT2D eigenvalue weighted by Crippen LogP contribution is 2.26. The van der Waals surface area contributed by atoms with Gasteiger partial charge in [0, 0.05) is 13.1 Å². The van der Waals surface area contributed by atoms with Gasteiger partial charge < -0.3 is 19.5 Å². The first-order valence-corrected chi connectivity index (χ1v) is 6.88. The molecule has 1 heterocycles. The van der Waals surface area contributed by atoms with E-state index in [1.165, 1.54) is 7.11 Å². The van der Waals surface area contributed by atoms with Crippen molar-refractivity contribution < 1.29 is 24.2 Å². The minimum absolute atomic E-state index is 0.118. The van der Waals surface area contributed by atoms with Crippen molar-refractivity contribution in [3.63, 3.8) is 0 Å². The highest BCUT2D eigenvalue weighted by atomic mass is 16.5. The fraction of sp³-hybridized carbons (Fsp3) is 0.467. The molecule has 1 fully saturated rings. The number of rotatable bonds is 5. The van der Waals surface area contributed by atoms with E-state index < -0.39 is 11.9 Å². The molecule has 1 aromatic rings. The Morgan fingerprint density at radius 1 is 1.33 bits per heavy atom. The van der Waals surface area contributed by atoms with Crippen LogP contribution >= 0.6 is 0 Å². The summed E-state index contributed by atoms with van der Waals surface area (Å²) in [6.45, 7) is 0.716. The van der Waals surface area contributed by atoms with Crippen LogP contribution in [0.15, 0.2) is 24.3 Å². The van der Waals surface area contributed by atoms with Crippen LogP contribution in [-0.2, 0) is 9.59 Å². The Kier molecular flexibility index (Phi) is 5.03. The molecule has 21 heavy (non-hydrogen) atoms. The number of hydrogen-bond donors (Lipinski definition) is 1. The predicted octanol–water partition coefficient (Wildman–Crippen LogP) is 1.40. The minimum atomic E-state index is -0.849. The Hall–Kier alpha value is -2.24.